The minimum Gasteiger partial charge on any atom is -0.292 e. The first kappa shape index (κ1) is 7.85. The van der Waals surface area contributed by atoms with E-state index in [1.165, 1.54) is 0 Å². The number of hydrogen-bond acceptors (Lipinski definition) is 3. The molecule has 0 fully saturated rings. The molecule has 0 spiro atoms. The fourth-order valence-electron chi connectivity index (χ4n) is 0.729. The van der Waals surface area contributed by atoms with Crippen molar-refractivity contribution in [3.8, 4) is 0 Å². The second-order valence-corrected chi connectivity index (χ2v) is 2.34. The Bertz CT molecular complexity index is 253. The van der Waals surface area contributed by atoms with E-state index in [1.807, 2.05) is 13.8 Å². The van der Waals surface area contributed by atoms with Crippen LogP contribution in [0.5, 0.6) is 0 Å². The third kappa shape index (κ3) is 1.83. The summed E-state index contributed by atoms with van der Waals surface area (Å²) in [6.45, 7) is 3.65. The zero-order valence-electron chi connectivity index (χ0n) is 6.66. The van der Waals surface area contributed by atoms with Crippen LogP contribution >= 0.6 is 0 Å². The van der Waals surface area contributed by atoms with E-state index in [0.29, 0.717) is 12.1 Å². The van der Waals surface area contributed by atoms with Crippen LogP contribution in [0.4, 0.5) is 0 Å². The second kappa shape index (κ2) is 3.23. The van der Waals surface area contributed by atoms with Gasteiger partial charge in [0.15, 0.2) is 5.78 Å². The van der Waals surface area contributed by atoms with Gasteiger partial charge in [-0.2, -0.15) is 5.10 Å². The molecule has 0 N–H and O–H groups in total. The molecule has 0 amide bonds. The molecule has 1 heterocycles. The third-order valence-corrected chi connectivity index (χ3v) is 1.40. The lowest BCUT2D eigenvalue weighted by atomic mass is 10.2. The smallest absolute Gasteiger partial charge is 0.182 e. The number of aryl methyl sites for hydroxylation is 1. The van der Waals surface area contributed by atoms with Gasteiger partial charge in [0, 0.05) is 6.42 Å². The molecule has 1 aromatic rings. The SMILES string of the molecule is CCC(=O)c1ccc(C)nn1. The number of rotatable bonds is 2. The van der Waals surface area contributed by atoms with Crippen LogP contribution in [0.3, 0.4) is 0 Å². The number of hydrogen-bond donors (Lipinski definition) is 0. The van der Waals surface area contributed by atoms with Gasteiger partial charge in [0.25, 0.3) is 0 Å². The van der Waals surface area contributed by atoms with Crippen molar-refractivity contribution < 1.29 is 4.79 Å². The fourth-order valence-corrected chi connectivity index (χ4v) is 0.729. The van der Waals surface area contributed by atoms with Gasteiger partial charge in [-0.05, 0) is 19.1 Å². The van der Waals surface area contributed by atoms with Crippen molar-refractivity contribution in [2.75, 3.05) is 0 Å². The molecular formula is C8H10N2O. The summed E-state index contributed by atoms with van der Waals surface area (Å²) >= 11 is 0. The maximum Gasteiger partial charge on any atom is 0.182 e. The third-order valence-electron chi connectivity index (χ3n) is 1.40. The minimum absolute atomic E-state index is 0.0394. The molecule has 1 aromatic heterocycles. The molecule has 0 saturated carbocycles. The first-order valence-corrected chi connectivity index (χ1v) is 3.57. The van der Waals surface area contributed by atoms with E-state index in [2.05, 4.69) is 10.2 Å². The number of nitrogens with zero attached hydrogens (tertiary/aromatic N) is 2. The van der Waals surface area contributed by atoms with Crippen LogP contribution in [0.1, 0.15) is 29.5 Å². The lowest BCUT2D eigenvalue weighted by Crippen LogP contribution is -2.01. The van der Waals surface area contributed by atoms with Crippen molar-refractivity contribution >= 4 is 5.78 Å². The Balaban J connectivity index is 2.90. The molecule has 11 heavy (non-hydrogen) atoms. The van der Waals surface area contributed by atoms with Gasteiger partial charge in [0.05, 0.1) is 5.69 Å². The van der Waals surface area contributed by atoms with Gasteiger partial charge in [-0.15, -0.1) is 5.10 Å². The van der Waals surface area contributed by atoms with Gasteiger partial charge in [-0.3, -0.25) is 4.79 Å². The van der Waals surface area contributed by atoms with Gasteiger partial charge >= 0.3 is 0 Å². The summed E-state index contributed by atoms with van der Waals surface area (Å²) in [5, 5.41) is 7.53. The molecule has 0 aliphatic heterocycles. The standard InChI is InChI=1S/C8H10N2O/c1-3-8(11)7-5-4-6(2)9-10-7/h4-5H,3H2,1-2H3. The van der Waals surface area contributed by atoms with Crippen molar-refractivity contribution in [3.63, 3.8) is 0 Å². The summed E-state index contributed by atoms with van der Waals surface area (Å²) in [7, 11) is 0. The van der Waals surface area contributed by atoms with E-state index in [4.69, 9.17) is 0 Å². The Morgan fingerprint density at radius 2 is 2.18 bits per heavy atom. The molecule has 0 aliphatic rings. The van der Waals surface area contributed by atoms with Crippen molar-refractivity contribution in [3.05, 3.63) is 23.5 Å². The minimum atomic E-state index is 0.0394. The first-order chi connectivity index (χ1) is 5.24. The van der Waals surface area contributed by atoms with E-state index in [9.17, 15) is 4.79 Å². The van der Waals surface area contributed by atoms with Crippen molar-refractivity contribution in [2.24, 2.45) is 0 Å². The van der Waals surface area contributed by atoms with Gasteiger partial charge in [-0.25, -0.2) is 0 Å². The molecular weight excluding hydrogens is 140 g/mol. The number of aromatic nitrogens is 2. The predicted octanol–water partition coefficient (Wildman–Crippen LogP) is 1.38. The van der Waals surface area contributed by atoms with Gasteiger partial charge < -0.3 is 0 Å². The highest BCUT2D eigenvalue weighted by Gasteiger charge is 2.03. The van der Waals surface area contributed by atoms with E-state index >= 15 is 0 Å². The molecule has 3 heteroatoms. The molecule has 1 rings (SSSR count). The summed E-state index contributed by atoms with van der Waals surface area (Å²) in [6, 6.07) is 3.49. The molecule has 58 valence electrons. The summed E-state index contributed by atoms with van der Waals surface area (Å²) in [6.07, 6.45) is 0.484. The Morgan fingerprint density at radius 1 is 1.45 bits per heavy atom. The molecule has 0 unspecified atom stereocenters. The van der Waals surface area contributed by atoms with Crippen LogP contribution in [0, 0.1) is 6.92 Å². The number of carbonyl (C=O) groups is 1. The van der Waals surface area contributed by atoms with Gasteiger partial charge in [0.2, 0.25) is 0 Å². The van der Waals surface area contributed by atoms with Crippen LogP contribution in [-0.4, -0.2) is 16.0 Å². The van der Waals surface area contributed by atoms with E-state index in [-0.39, 0.29) is 5.78 Å². The van der Waals surface area contributed by atoms with Crippen LogP contribution in [-0.2, 0) is 0 Å². The number of Topliss-reactive ketones (excluding diaryl/α,β-unsaturated/α-hetero) is 1. The molecule has 0 atom stereocenters. The van der Waals surface area contributed by atoms with Gasteiger partial charge in [0.1, 0.15) is 5.69 Å². The maximum atomic E-state index is 11.0. The number of carbonyl (C=O) groups excluding carboxylic acids is 1. The molecule has 0 bridgehead atoms. The van der Waals surface area contributed by atoms with Crippen molar-refractivity contribution in [2.45, 2.75) is 20.3 Å². The Morgan fingerprint density at radius 3 is 2.64 bits per heavy atom. The normalized spacial score (nSPS) is 9.64. The van der Waals surface area contributed by atoms with E-state index in [0.717, 1.165) is 5.69 Å². The average molecular weight is 150 g/mol. The molecule has 0 saturated heterocycles. The maximum absolute atomic E-state index is 11.0. The van der Waals surface area contributed by atoms with Crippen LogP contribution in [0.25, 0.3) is 0 Å². The van der Waals surface area contributed by atoms with Crippen LogP contribution in [0.15, 0.2) is 12.1 Å². The molecule has 0 radical (unpaired) electrons. The van der Waals surface area contributed by atoms with Gasteiger partial charge in [-0.1, -0.05) is 6.92 Å². The van der Waals surface area contributed by atoms with E-state index < -0.39 is 0 Å². The van der Waals surface area contributed by atoms with Crippen LogP contribution in [0.2, 0.25) is 0 Å². The predicted molar refractivity (Wildman–Crippen MR) is 41.4 cm³/mol. The highest BCUT2D eigenvalue weighted by molar-refractivity contribution is 5.93. The largest absolute Gasteiger partial charge is 0.292 e. The van der Waals surface area contributed by atoms with E-state index in [1.54, 1.807) is 12.1 Å². The lowest BCUT2D eigenvalue weighted by Gasteiger charge is -1.94. The summed E-state index contributed by atoms with van der Waals surface area (Å²) in [4.78, 5) is 11.0. The molecule has 0 aliphatic carbocycles. The Kier molecular flexibility index (Phi) is 2.31. The Hall–Kier alpha value is -1.25. The number of ketones is 1. The zero-order chi connectivity index (χ0) is 8.27. The second-order valence-electron chi connectivity index (χ2n) is 2.34. The van der Waals surface area contributed by atoms with Crippen LogP contribution < -0.4 is 0 Å². The highest BCUT2D eigenvalue weighted by atomic mass is 16.1. The van der Waals surface area contributed by atoms with Crippen molar-refractivity contribution in [1.82, 2.24) is 10.2 Å². The highest BCUT2D eigenvalue weighted by Crippen LogP contribution is 1.98. The quantitative estimate of drug-likeness (QED) is 0.598. The monoisotopic (exact) mass is 150 g/mol. The summed E-state index contributed by atoms with van der Waals surface area (Å²) in [5.41, 5.74) is 1.29. The fraction of sp³-hybridized carbons (Fsp3) is 0.375. The van der Waals surface area contributed by atoms with Crippen molar-refractivity contribution in [1.29, 1.82) is 0 Å². The zero-order valence-corrected chi connectivity index (χ0v) is 6.66. The molecule has 3 nitrogen and oxygen atoms in total. The lowest BCUT2D eigenvalue weighted by molar-refractivity contribution is 0.0982. The Labute approximate surface area is 65.5 Å². The summed E-state index contributed by atoms with van der Waals surface area (Å²) < 4.78 is 0. The summed E-state index contributed by atoms with van der Waals surface area (Å²) in [5.74, 6) is 0.0394. The topological polar surface area (TPSA) is 42.9 Å². The first-order valence-electron chi connectivity index (χ1n) is 3.57. The average Bonchev–Trinajstić information content (AvgIpc) is 2.05. The molecule has 0 aromatic carbocycles.